The number of hydrogen-bond donors (Lipinski definition) is 2. The highest BCUT2D eigenvalue weighted by atomic mass is 16.4. The van der Waals surface area contributed by atoms with Crippen molar-refractivity contribution in [2.45, 2.75) is 32.7 Å². The van der Waals surface area contributed by atoms with E-state index < -0.39 is 17.9 Å². The van der Waals surface area contributed by atoms with Gasteiger partial charge in [-0.1, -0.05) is 30.7 Å². The summed E-state index contributed by atoms with van der Waals surface area (Å²) in [6, 6.07) is 6.68. The standard InChI is InChI=1S/C15H18N4O3/c1-3-5-12(15(21)22)16-14(20)13-9-19(18-17-13)11-7-4-6-10(2)8-11/h4,6-9,12H,3,5H2,1-2H3,(H,16,20)(H,21,22). The molecule has 7 nitrogen and oxygen atoms in total. The number of aliphatic carboxylic acids is 1. The maximum Gasteiger partial charge on any atom is 0.326 e. The summed E-state index contributed by atoms with van der Waals surface area (Å²) in [5.74, 6) is -1.60. The second-order valence-corrected chi connectivity index (χ2v) is 5.04. The highest BCUT2D eigenvalue weighted by Crippen LogP contribution is 2.09. The van der Waals surface area contributed by atoms with Crippen LogP contribution in [0.2, 0.25) is 0 Å². The molecule has 0 aliphatic carbocycles. The van der Waals surface area contributed by atoms with Gasteiger partial charge in [0.05, 0.1) is 11.9 Å². The van der Waals surface area contributed by atoms with Crippen LogP contribution in [0.4, 0.5) is 0 Å². The molecule has 2 rings (SSSR count). The number of hydrogen-bond acceptors (Lipinski definition) is 4. The van der Waals surface area contributed by atoms with Crippen LogP contribution in [0.3, 0.4) is 0 Å². The van der Waals surface area contributed by atoms with Crippen LogP contribution in [0.15, 0.2) is 30.5 Å². The van der Waals surface area contributed by atoms with Crippen molar-refractivity contribution in [1.82, 2.24) is 20.3 Å². The van der Waals surface area contributed by atoms with Crippen LogP contribution in [0, 0.1) is 6.92 Å². The maximum atomic E-state index is 12.1. The molecule has 1 heterocycles. The number of nitrogens with zero attached hydrogens (tertiary/aromatic N) is 3. The summed E-state index contributed by atoms with van der Waals surface area (Å²) in [5.41, 5.74) is 1.94. The van der Waals surface area contributed by atoms with Gasteiger partial charge in [-0.15, -0.1) is 5.10 Å². The van der Waals surface area contributed by atoms with Gasteiger partial charge in [0.15, 0.2) is 5.69 Å². The lowest BCUT2D eigenvalue weighted by Gasteiger charge is -2.11. The van der Waals surface area contributed by atoms with Crippen LogP contribution >= 0.6 is 0 Å². The summed E-state index contributed by atoms with van der Waals surface area (Å²) >= 11 is 0. The summed E-state index contributed by atoms with van der Waals surface area (Å²) in [6.45, 7) is 3.81. The van der Waals surface area contributed by atoms with Gasteiger partial charge in [-0.25, -0.2) is 9.48 Å². The molecule has 1 unspecified atom stereocenters. The number of benzene rings is 1. The van der Waals surface area contributed by atoms with Gasteiger partial charge in [-0.05, 0) is 31.0 Å². The van der Waals surface area contributed by atoms with E-state index in [0.717, 1.165) is 11.3 Å². The van der Waals surface area contributed by atoms with E-state index in [2.05, 4.69) is 15.6 Å². The monoisotopic (exact) mass is 302 g/mol. The third-order valence-corrected chi connectivity index (χ3v) is 3.17. The molecular weight excluding hydrogens is 284 g/mol. The first-order valence-electron chi connectivity index (χ1n) is 7.04. The van der Waals surface area contributed by atoms with E-state index in [4.69, 9.17) is 5.11 Å². The second-order valence-electron chi connectivity index (χ2n) is 5.04. The van der Waals surface area contributed by atoms with Gasteiger partial charge in [-0.3, -0.25) is 4.79 Å². The highest BCUT2D eigenvalue weighted by Gasteiger charge is 2.21. The first kappa shape index (κ1) is 15.7. The Morgan fingerprint density at radius 2 is 2.18 bits per heavy atom. The predicted octanol–water partition coefficient (Wildman–Crippen LogP) is 1.56. The molecule has 0 aliphatic heterocycles. The van der Waals surface area contributed by atoms with Gasteiger partial charge >= 0.3 is 5.97 Å². The lowest BCUT2D eigenvalue weighted by Crippen LogP contribution is -2.40. The zero-order chi connectivity index (χ0) is 16.1. The molecule has 0 fully saturated rings. The molecule has 1 aromatic heterocycles. The topological polar surface area (TPSA) is 97.1 Å². The van der Waals surface area contributed by atoms with Crippen molar-refractivity contribution in [3.05, 3.63) is 41.7 Å². The van der Waals surface area contributed by atoms with Crippen molar-refractivity contribution in [1.29, 1.82) is 0 Å². The zero-order valence-corrected chi connectivity index (χ0v) is 12.5. The lowest BCUT2D eigenvalue weighted by atomic mass is 10.1. The Morgan fingerprint density at radius 1 is 1.41 bits per heavy atom. The highest BCUT2D eigenvalue weighted by molar-refractivity contribution is 5.94. The molecule has 2 N–H and O–H groups in total. The third-order valence-electron chi connectivity index (χ3n) is 3.17. The number of carboxylic acid groups (broad SMARTS) is 1. The number of rotatable bonds is 6. The van der Waals surface area contributed by atoms with Crippen LogP contribution in [0.1, 0.15) is 35.8 Å². The lowest BCUT2D eigenvalue weighted by molar-refractivity contribution is -0.139. The Labute approximate surface area is 128 Å². The van der Waals surface area contributed by atoms with Gasteiger partial charge in [-0.2, -0.15) is 0 Å². The maximum absolute atomic E-state index is 12.1. The van der Waals surface area contributed by atoms with Gasteiger partial charge in [0, 0.05) is 0 Å². The Hall–Kier alpha value is -2.70. The normalized spacial score (nSPS) is 11.9. The van der Waals surface area contributed by atoms with E-state index in [1.54, 1.807) is 0 Å². The van der Waals surface area contributed by atoms with E-state index in [1.807, 2.05) is 38.1 Å². The molecule has 1 aromatic carbocycles. The van der Waals surface area contributed by atoms with Crippen LogP contribution in [-0.4, -0.2) is 38.0 Å². The van der Waals surface area contributed by atoms with Crippen LogP contribution in [0.25, 0.3) is 5.69 Å². The van der Waals surface area contributed by atoms with Crippen molar-refractivity contribution in [2.75, 3.05) is 0 Å². The van der Waals surface area contributed by atoms with Gasteiger partial charge < -0.3 is 10.4 Å². The van der Waals surface area contributed by atoms with Crippen LogP contribution in [-0.2, 0) is 4.79 Å². The van der Waals surface area contributed by atoms with Crippen molar-refractivity contribution in [2.24, 2.45) is 0 Å². The third kappa shape index (κ3) is 3.69. The fourth-order valence-electron chi connectivity index (χ4n) is 2.04. The van der Waals surface area contributed by atoms with Crippen molar-refractivity contribution >= 4 is 11.9 Å². The molecule has 0 spiro atoms. The number of amides is 1. The second kappa shape index (κ2) is 6.84. The molecule has 0 saturated carbocycles. The number of carbonyl (C=O) groups excluding carboxylic acids is 1. The fourth-order valence-corrected chi connectivity index (χ4v) is 2.04. The molecule has 0 radical (unpaired) electrons. The Kier molecular flexibility index (Phi) is 4.88. The Morgan fingerprint density at radius 3 is 2.82 bits per heavy atom. The molecule has 1 amide bonds. The molecular formula is C15H18N4O3. The number of aromatic nitrogens is 3. The molecule has 0 bridgehead atoms. The summed E-state index contributed by atoms with van der Waals surface area (Å²) in [4.78, 5) is 23.1. The molecule has 0 saturated heterocycles. The van der Waals surface area contributed by atoms with Crippen LogP contribution in [0.5, 0.6) is 0 Å². The largest absolute Gasteiger partial charge is 0.480 e. The SMILES string of the molecule is CCCC(NC(=O)c1cn(-c2cccc(C)c2)nn1)C(=O)O. The molecule has 22 heavy (non-hydrogen) atoms. The van der Waals surface area contributed by atoms with Gasteiger partial charge in [0.1, 0.15) is 6.04 Å². The van der Waals surface area contributed by atoms with Crippen molar-refractivity contribution in [3.63, 3.8) is 0 Å². The zero-order valence-electron chi connectivity index (χ0n) is 12.5. The van der Waals surface area contributed by atoms with Crippen LogP contribution < -0.4 is 5.32 Å². The first-order chi connectivity index (χ1) is 10.5. The molecule has 7 heteroatoms. The average Bonchev–Trinajstić information content (AvgIpc) is 2.96. The smallest absolute Gasteiger partial charge is 0.326 e. The molecule has 1 atom stereocenters. The van der Waals surface area contributed by atoms with E-state index in [1.165, 1.54) is 10.9 Å². The van der Waals surface area contributed by atoms with Crippen molar-refractivity contribution in [3.8, 4) is 5.69 Å². The minimum Gasteiger partial charge on any atom is -0.480 e. The van der Waals surface area contributed by atoms with E-state index >= 15 is 0 Å². The van der Waals surface area contributed by atoms with E-state index in [0.29, 0.717) is 12.8 Å². The number of carbonyl (C=O) groups is 2. The minimum absolute atomic E-state index is 0.0869. The fraction of sp³-hybridized carbons (Fsp3) is 0.333. The number of nitrogens with one attached hydrogen (secondary N) is 1. The summed E-state index contributed by atoms with van der Waals surface area (Å²) in [6.07, 6.45) is 2.51. The number of aryl methyl sites for hydroxylation is 1. The van der Waals surface area contributed by atoms with E-state index in [-0.39, 0.29) is 5.69 Å². The molecule has 2 aromatic rings. The predicted molar refractivity (Wildman–Crippen MR) is 79.9 cm³/mol. The Balaban J connectivity index is 2.13. The molecule has 0 aliphatic rings. The summed E-state index contributed by atoms with van der Waals surface area (Å²) in [7, 11) is 0. The average molecular weight is 302 g/mol. The van der Waals surface area contributed by atoms with Crippen molar-refractivity contribution < 1.29 is 14.7 Å². The van der Waals surface area contributed by atoms with Gasteiger partial charge in [0.25, 0.3) is 5.91 Å². The van der Waals surface area contributed by atoms with Gasteiger partial charge in [0.2, 0.25) is 0 Å². The summed E-state index contributed by atoms with van der Waals surface area (Å²) < 4.78 is 1.48. The number of carboxylic acids is 1. The summed E-state index contributed by atoms with van der Waals surface area (Å²) in [5, 5.41) is 19.2. The minimum atomic E-state index is -1.05. The molecule has 116 valence electrons. The van der Waals surface area contributed by atoms with E-state index in [9.17, 15) is 9.59 Å². The Bertz CT molecular complexity index is 681. The first-order valence-corrected chi connectivity index (χ1v) is 7.04. The quantitative estimate of drug-likeness (QED) is 0.844.